The van der Waals surface area contributed by atoms with Gasteiger partial charge in [-0.1, -0.05) is 28.3 Å². The van der Waals surface area contributed by atoms with Crippen molar-refractivity contribution >= 4 is 17.3 Å². The molecule has 0 N–H and O–H groups in total. The summed E-state index contributed by atoms with van der Waals surface area (Å²) < 4.78 is 3.80. The number of Topliss-reactive ketones (excluding diaryl/α,β-unsaturated/α-hetero) is 1. The molecular weight excluding hydrogens is 232 g/mol. The third-order valence-electron chi connectivity index (χ3n) is 2.76. The second kappa shape index (κ2) is 4.75. The van der Waals surface area contributed by atoms with Crippen molar-refractivity contribution in [3.05, 3.63) is 45.5 Å². The lowest BCUT2D eigenvalue weighted by atomic mass is 10.00. The molecule has 0 amide bonds. The zero-order valence-corrected chi connectivity index (χ0v) is 11.0. The van der Waals surface area contributed by atoms with Crippen molar-refractivity contribution in [1.82, 2.24) is 9.59 Å². The molecule has 88 valence electrons. The van der Waals surface area contributed by atoms with E-state index in [2.05, 4.69) is 27.8 Å². The van der Waals surface area contributed by atoms with Crippen LogP contribution in [0.4, 0.5) is 0 Å². The monoisotopic (exact) mass is 246 g/mol. The molecule has 1 aromatic carbocycles. The number of nitrogens with zero attached hydrogens (tertiary/aromatic N) is 2. The van der Waals surface area contributed by atoms with Crippen LogP contribution in [0, 0.1) is 20.8 Å². The number of hydrogen-bond donors (Lipinski definition) is 0. The molecule has 0 saturated heterocycles. The van der Waals surface area contributed by atoms with E-state index in [1.807, 2.05) is 20.8 Å². The Labute approximate surface area is 105 Å². The molecule has 2 aromatic rings. The van der Waals surface area contributed by atoms with Crippen LogP contribution in [0.25, 0.3) is 0 Å². The molecule has 1 aromatic heterocycles. The van der Waals surface area contributed by atoms with Gasteiger partial charge in [-0.15, -0.1) is 5.10 Å². The minimum atomic E-state index is 0.103. The fraction of sp³-hybridized carbons (Fsp3) is 0.308. The Morgan fingerprint density at radius 3 is 2.71 bits per heavy atom. The Hall–Kier alpha value is -1.55. The summed E-state index contributed by atoms with van der Waals surface area (Å²) in [5, 5.41) is 3.87. The van der Waals surface area contributed by atoms with Gasteiger partial charge in [-0.25, -0.2) is 0 Å². The summed E-state index contributed by atoms with van der Waals surface area (Å²) in [5.74, 6) is 0.103. The minimum Gasteiger partial charge on any atom is -0.293 e. The summed E-state index contributed by atoms with van der Waals surface area (Å²) in [7, 11) is 0. The topological polar surface area (TPSA) is 42.9 Å². The van der Waals surface area contributed by atoms with Crippen LogP contribution in [-0.4, -0.2) is 15.4 Å². The Morgan fingerprint density at radius 1 is 1.29 bits per heavy atom. The maximum atomic E-state index is 12.1. The van der Waals surface area contributed by atoms with E-state index >= 15 is 0 Å². The Balaban J connectivity index is 2.24. The van der Waals surface area contributed by atoms with E-state index in [0.717, 1.165) is 16.8 Å². The molecule has 4 heteroatoms. The van der Waals surface area contributed by atoms with Gasteiger partial charge in [0.15, 0.2) is 5.78 Å². The average molecular weight is 246 g/mol. The molecular formula is C13H14N2OS. The molecule has 1 heterocycles. The summed E-state index contributed by atoms with van der Waals surface area (Å²) in [4.78, 5) is 12.8. The molecule has 0 saturated carbocycles. The summed E-state index contributed by atoms with van der Waals surface area (Å²) in [5.41, 5.74) is 4.14. The number of aromatic nitrogens is 2. The molecule has 17 heavy (non-hydrogen) atoms. The van der Waals surface area contributed by atoms with Crippen molar-refractivity contribution in [2.24, 2.45) is 0 Å². The minimum absolute atomic E-state index is 0.103. The number of benzene rings is 1. The van der Waals surface area contributed by atoms with Crippen LogP contribution in [-0.2, 0) is 6.42 Å². The molecule has 0 unspecified atom stereocenters. The Morgan fingerprint density at radius 2 is 2.06 bits per heavy atom. The van der Waals surface area contributed by atoms with Crippen LogP contribution in [0.15, 0.2) is 18.2 Å². The summed E-state index contributed by atoms with van der Waals surface area (Å²) >= 11 is 1.18. The van der Waals surface area contributed by atoms with Crippen molar-refractivity contribution < 1.29 is 4.79 Å². The van der Waals surface area contributed by atoms with E-state index in [0.29, 0.717) is 11.3 Å². The van der Waals surface area contributed by atoms with Crippen LogP contribution in [0.1, 0.15) is 32.1 Å². The smallest absolute Gasteiger partial charge is 0.180 e. The second-order valence-electron chi connectivity index (χ2n) is 4.22. The molecule has 0 atom stereocenters. The molecule has 0 aliphatic carbocycles. The SMILES string of the molecule is Cc1ccc(C)c(CC(=O)c2snnc2C)c1. The normalized spacial score (nSPS) is 10.5. The van der Waals surface area contributed by atoms with Crippen molar-refractivity contribution in [3.8, 4) is 0 Å². The maximum absolute atomic E-state index is 12.1. The van der Waals surface area contributed by atoms with E-state index in [1.165, 1.54) is 17.1 Å². The van der Waals surface area contributed by atoms with Gasteiger partial charge in [0.2, 0.25) is 0 Å². The molecule has 0 spiro atoms. The number of hydrogen-bond acceptors (Lipinski definition) is 4. The van der Waals surface area contributed by atoms with Crippen molar-refractivity contribution in [3.63, 3.8) is 0 Å². The molecule has 0 aliphatic heterocycles. The third kappa shape index (κ3) is 2.58. The van der Waals surface area contributed by atoms with Gasteiger partial charge in [0.05, 0.1) is 5.69 Å². The van der Waals surface area contributed by atoms with Crippen LogP contribution < -0.4 is 0 Å². The van der Waals surface area contributed by atoms with E-state index < -0.39 is 0 Å². The van der Waals surface area contributed by atoms with E-state index in [9.17, 15) is 4.79 Å². The number of ketones is 1. The van der Waals surface area contributed by atoms with Crippen LogP contribution in [0.5, 0.6) is 0 Å². The summed E-state index contributed by atoms with van der Waals surface area (Å²) in [6, 6.07) is 6.18. The Bertz CT molecular complexity index is 560. The van der Waals surface area contributed by atoms with Gasteiger partial charge in [0.25, 0.3) is 0 Å². The second-order valence-corrected chi connectivity index (χ2v) is 4.97. The quantitative estimate of drug-likeness (QED) is 0.782. The van der Waals surface area contributed by atoms with Crippen LogP contribution in [0.2, 0.25) is 0 Å². The molecule has 0 bridgehead atoms. The highest BCUT2D eigenvalue weighted by Crippen LogP contribution is 2.17. The number of rotatable bonds is 3. The van der Waals surface area contributed by atoms with E-state index in [1.54, 1.807) is 0 Å². The van der Waals surface area contributed by atoms with Gasteiger partial charge in [0, 0.05) is 6.42 Å². The fourth-order valence-corrected chi connectivity index (χ4v) is 2.32. The molecule has 0 fully saturated rings. The average Bonchev–Trinajstić information content (AvgIpc) is 2.70. The first-order chi connectivity index (χ1) is 8.08. The van der Waals surface area contributed by atoms with E-state index in [4.69, 9.17) is 0 Å². The predicted octanol–water partition coefficient (Wildman–Crippen LogP) is 2.89. The largest absolute Gasteiger partial charge is 0.293 e. The van der Waals surface area contributed by atoms with Gasteiger partial charge < -0.3 is 0 Å². The zero-order chi connectivity index (χ0) is 12.4. The van der Waals surface area contributed by atoms with Gasteiger partial charge in [0.1, 0.15) is 4.88 Å². The zero-order valence-electron chi connectivity index (χ0n) is 10.2. The van der Waals surface area contributed by atoms with Crippen LogP contribution in [0.3, 0.4) is 0 Å². The summed E-state index contributed by atoms with van der Waals surface area (Å²) in [6.07, 6.45) is 0.429. The van der Waals surface area contributed by atoms with Gasteiger partial charge >= 0.3 is 0 Å². The maximum Gasteiger partial charge on any atom is 0.180 e. The fourth-order valence-electron chi connectivity index (χ4n) is 1.73. The van der Waals surface area contributed by atoms with Gasteiger partial charge in [-0.05, 0) is 43.4 Å². The lowest BCUT2D eigenvalue weighted by Gasteiger charge is -2.05. The third-order valence-corrected chi connectivity index (χ3v) is 3.63. The predicted molar refractivity (Wildman–Crippen MR) is 68.6 cm³/mol. The molecule has 0 aliphatic rings. The molecule has 3 nitrogen and oxygen atoms in total. The highest BCUT2D eigenvalue weighted by atomic mass is 32.1. The number of carbonyl (C=O) groups excluding carboxylic acids is 1. The van der Waals surface area contributed by atoms with Gasteiger partial charge in [-0.2, -0.15) is 0 Å². The van der Waals surface area contributed by atoms with E-state index in [-0.39, 0.29) is 5.78 Å². The van der Waals surface area contributed by atoms with Gasteiger partial charge in [-0.3, -0.25) is 4.79 Å². The first-order valence-corrected chi connectivity index (χ1v) is 6.23. The number of carbonyl (C=O) groups is 1. The van der Waals surface area contributed by atoms with Crippen molar-refractivity contribution in [2.75, 3.05) is 0 Å². The Kier molecular flexibility index (Phi) is 3.33. The molecule has 2 rings (SSSR count). The van der Waals surface area contributed by atoms with Crippen molar-refractivity contribution in [1.29, 1.82) is 0 Å². The standard InChI is InChI=1S/C13H14N2OS/c1-8-4-5-9(2)11(6-8)7-12(16)13-10(3)14-15-17-13/h4-6H,7H2,1-3H3. The first-order valence-electron chi connectivity index (χ1n) is 5.46. The van der Waals surface area contributed by atoms with Crippen LogP contribution >= 0.6 is 11.5 Å². The lowest BCUT2D eigenvalue weighted by Crippen LogP contribution is -2.04. The lowest BCUT2D eigenvalue weighted by molar-refractivity contribution is 0.0996. The summed E-state index contributed by atoms with van der Waals surface area (Å²) in [6.45, 7) is 5.88. The first kappa shape index (κ1) is 11.9. The number of aryl methyl sites for hydroxylation is 3. The van der Waals surface area contributed by atoms with Crippen molar-refractivity contribution in [2.45, 2.75) is 27.2 Å². The highest BCUT2D eigenvalue weighted by molar-refractivity contribution is 7.08. The molecule has 0 radical (unpaired) electrons. The highest BCUT2D eigenvalue weighted by Gasteiger charge is 2.14.